The predicted molar refractivity (Wildman–Crippen MR) is 74.6 cm³/mol. The summed E-state index contributed by atoms with van der Waals surface area (Å²) in [6, 6.07) is 4.19. The number of aliphatic hydroxyl groups is 1. The van der Waals surface area contributed by atoms with Gasteiger partial charge in [0.15, 0.2) is 0 Å². The van der Waals surface area contributed by atoms with Gasteiger partial charge in [0.1, 0.15) is 5.82 Å². The van der Waals surface area contributed by atoms with Crippen LogP contribution in [0.1, 0.15) is 11.4 Å². The minimum Gasteiger partial charge on any atom is -0.392 e. The van der Waals surface area contributed by atoms with Crippen LogP contribution in [0, 0.1) is 0 Å². The van der Waals surface area contributed by atoms with E-state index in [1.54, 1.807) is 24.0 Å². The predicted octanol–water partition coefficient (Wildman–Crippen LogP) is 1.04. The van der Waals surface area contributed by atoms with E-state index in [-0.39, 0.29) is 18.0 Å². The van der Waals surface area contributed by atoms with Gasteiger partial charge in [0.25, 0.3) is 0 Å². The third-order valence-corrected chi connectivity index (χ3v) is 4.61. The van der Waals surface area contributed by atoms with Crippen molar-refractivity contribution < 1.29 is 13.5 Å². The molecule has 0 bridgehead atoms. The molecule has 1 aromatic heterocycles. The Morgan fingerprint density at radius 3 is 2.80 bits per heavy atom. The van der Waals surface area contributed by atoms with Crippen LogP contribution in [0.4, 0.5) is 0 Å². The lowest BCUT2D eigenvalue weighted by Gasteiger charge is -2.08. The van der Waals surface area contributed by atoms with Gasteiger partial charge in [0, 0.05) is 24.5 Å². The van der Waals surface area contributed by atoms with Gasteiger partial charge in [-0.25, -0.2) is 18.1 Å². The number of aryl methyl sites for hydroxylation is 1. The van der Waals surface area contributed by atoms with E-state index < -0.39 is 10.0 Å². The first kappa shape index (κ1) is 15.0. The summed E-state index contributed by atoms with van der Waals surface area (Å²) in [6.07, 6.45) is 3.32. The molecule has 2 aromatic rings. The van der Waals surface area contributed by atoms with Crippen molar-refractivity contribution in [2.75, 3.05) is 0 Å². The highest BCUT2D eigenvalue weighted by Gasteiger charge is 2.16. The first-order chi connectivity index (χ1) is 9.44. The SMILES string of the molecule is Cn1ccnc1CNS(=O)(=O)c1ccc(Cl)c(CO)c1. The molecule has 0 spiro atoms. The van der Waals surface area contributed by atoms with Gasteiger partial charge in [0.2, 0.25) is 10.0 Å². The van der Waals surface area contributed by atoms with Gasteiger partial charge in [-0.05, 0) is 23.8 Å². The summed E-state index contributed by atoms with van der Waals surface area (Å²) in [4.78, 5) is 4.09. The summed E-state index contributed by atoms with van der Waals surface area (Å²) in [7, 11) is -1.90. The number of sulfonamides is 1. The Morgan fingerprint density at radius 1 is 1.45 bits per heavy atom. The highest BCUT2D eigenvalue weighted by Crippen LogP contribution is 2.20. The molecule has 20 heavy (non-hydrogen) atoms. The Morgan fingerprint density at radius 2 is 2.20 bits per heavy atom. The monoisotopic (exact) mass is 315 g/mol. The largest absolute Gasteiger partial charge is 0.392 e. The molecule has 108 valence electrons. The number of halogens is 1. The van der Waals surface area contributed by atoms with Crippen molar-refractivity contribution in [3.63, 3.8) is 0 Å². The third-order valence-electron chi connectivity index (χ3n) is 2.84. The molecule has 0 aliphatic carbocycles. The molecular weight excluding hydrogens is 302 g/mol. The summed E-state index contributed by atoms with van der Waals surface area (Å²) in [5.74, 6) is 0.602. The van der Waals surface area contributed by atoms with Crippen molar-refractivity contribution in [1.82, 2.24) is 14.3 Å². The fourth-order valence-electron chi connectivity index (χ4n) is 1.65. The topological polar surface area (TPSA) is 84.2 Å². The Labute approximate surface area is 122 Å². The smallest absolute Gasteiger partial charge is 0.240 e. The minimum absolute atomic E-state index is 0.0557. The molecule has 1 aromatic carbocycles. The number of nitrogens with one attached hydrogen (secondary N) is 1. The summed E-state index contributed by atoms with van der Waals surface area (Å²) in [5.41, 5.74) is 0.367. The summed E-state index contributed by atoms with van der Waals surface area (Å²) in [5, 5.41) is 9.44. The number of rotatable bonds is 5. The lowest BCUT2D eigenvalue weighted by molar-refractivity contribution is 0.281. The molecule has 1 heterocycles. The molecule has 2 rings (SSSR count). The van der Waals surface area contributed by atoms with Crippen molar-refractivity contribution in [3.8, 4) is 0 Å². The molecule has 0 unspecified atom stereocenters. The second-order valence-corrected chi connectivity index (χ2v) is 6.36. The van der Waals surface area contributed by atoms with Crippen LogP contribution in [-0.4, -0.2) is 23.1 Å². The number of aliphatic hydroxyl groups excluding tert-OH is 1. The van der Waals surface area contributed by atoms with Crippen LogP contribution >= 0.6 is 11.6 Å². The van der Waals surface area contributed by atoms with E-state index >= 15 is 0 Å². The van der Waals surface area contributed by atoms with E-state index in [0.717, 1.165) is 0 Å². The average molecular weight is 316 g/mol. The number of hydrogen-bond acceptors (Lipinski definition) is 4. The van der Waals surface area contributed by atoms with Crippen LogP contribution in [0.25, 0.3) is 0 Å². The number of imidazole rings is 1. The van der Waals surface area contributed by atoms with E-state index in [1.165, 1.54) is 18.2 Å². The van der Waals surface area contributed by atoms with E-state index in [0.29, 0.717) is 16.4 Å². The van der Waals surface area contributed by atoms with E-state index in [4.69, 9.17) is 16.7 Å². The quantitative estimate of drug-likeness (QED) is 0.863. The van der Waals surface area contributed by atoms with Crippen molar-refractivity contribution in [3.05, 3.63) is 47.0 Å². The summed E-state index contributed by atoms with van der Waals surface area (Å²) in [6.45, 7) is -0.232. The van der Waals surface area contributed by atoms with Gasteiger partial charge in [-0.15, -0.1) is 0 Å². The molecule has 0 aliphatic rings. The Balaban J connectivity index is 2.20. The maximum Gasteiger partial charge on any atom is 0.240 e. The van der Waals surface area contributed by atoms with Gasteiger partial charge >= 0.3 is 0 Å². The van der Waals surface area contributed by atoms with Crippen molar-refractivity contribution in [1.29, 1.82) is 0 Å². The highest BCUT2D eigenvalue weighted by molar-refractivity contribution is 7.89. The minimum atomic E-state index is -3.68. The fraction of sp³-hybridized carbons (Fsp3) is 0.250. The molecule has 0 fully saturated rings. The molecule has 6 nitrogen and oxygen atoms in total. The first-order valence-electron chi connectivity index (χ1n) is 5.79. The van der Waals surface area contributed by atoms with Crippen LogP contribution in [0.15, 0.2) is 35.5 Å². The van der Waals surface area contributed by atoms with Gasteiger partial charge in [0.05, 0.1) is 18.0 Å². The lowest BCUT2D eigenvalue weighted by atomic mass is 10.2. The van der Waals surface area contributed by atoms with E-state index in [9.17, 15) is 8.42 Å². The normalized spacial score (nSPS) is 11.8. The highest BCUT2D eigenvalue weighted by atomic mass is 35.5. The van der Waals surface area contributed by atoms with Gasteiger partial charge < -0.3 is 9.67 Å². The van der Waals surface area contributed by atoms with E-state index in [2.05, 4.69) is 9.71 Å². The Kier molecular flexibility index (Phi) is 4.44. The van der Waals surface area contributed by atoms with Crippen LogP contribution in [0.2, 0.25) is 5.02 Å². The molecule has 0 aliphatic heterocycles. The zero-order valence-electron chi connectivity index (χ0n) is 10.7. The van der Waals surface area contributed by atoms with Crippen LogP contribution in [-0.2, 0) is 30.2 Å². The van der Waals surface area contributed by atoms with Crippen LogP contribution in [0.3, 0.4) is 0 Å². The molecule has 0 radical (unpaired) electrons. The second-order valence-electron chi connectivity index (χ2n) is 4.19. The van der Waals surface area contributed by atoms with Crippen molar-refractivity contribution in [2.45, 2.75) is 18.0 Å². The number of hydrogen-bond donors (Lipinski definition) is 2. The Hall–Kier alpha value is -1.41. The summed E-state index contributed by atoms with van der Waals surface area (Å²) >= 11 is 5.84. The van der Waals surface area contributed by atoms with Crippen LogP contribution < -0.4 is 4.72 Å². The number of benzene rings is 1. The van der Waals surface area contributed by atoms with Gasteiger partial charge in [-0.3, -0.25) is 0 Å². The molecular formula is C12H14ClN3O3S. The molecule has 0 saturated heterocycles. The number of nitrogens with zero attached hydrogens (tertiary/aromatic N) is 2. The van der Waals surface area contributed by atoms with Crippen LogP contribution in [0.5, 0.6) is 0 Å². The Bertz CT molecular complexity index is 712. The zero-order valence-corrected chi connectivity index (χ0v) is 12.3. The van der Waals surface area contributed by atoms with Gasteiger partial charge in [-0.2, -0.15) is 0 Å². The molecule has 0 amide bonds. The van der Waals surface area contributed by atoms with Crippen molar-refractivity contribution >= 4 is 21.6 Å². The van der Waals surface area contributed by atoms with E-state index in [1.807, 2.05) is 0 Å². The molecule has 8 heteroatoms. The number of aromatic nitrogens is 2. The molecule has 2 N–H and O–H groups in total. The average Bonchev–Trinajstić information content (AvgIpc) is 2.82. The molecule has 0 atom stereocenters. The third kappa shape index (κ3) is 3.18. The summed E-state index contributed by atoms with van der Waals surface area (Å²) < 4.78 is 28.5. The molecule has 0 saturated carbocycles. The second kappa shape index (κ2) is 5.92. The maximum atomic E-state index is 12.1. The first-order valence-corrected chi connectivity index (χ1v) is 7.65. The lowest BCUT2D eigenvalue weighted by Crippen LogP contribution is -2.24. The standard InChI is InChI=1S/C12H14ClN3O3S/c1-16-5-4-14-12(16)7-15-20(18,19)10-2-3-11(13)9(6-10)8-17/h2-6,15,17H,7-8H2,1H3. The van der Waals surface area contributed by atoms with Gasteiger partial charge in [-0.1, -0.05) is 11.6 Å². The fourth-order valence-corrected chi connectivity index (χ4v) is 2.86. The van der Waals surface area contributed by atoms with Crippen molar-refractivity contribution in [2.24, 2.45) is 7.05 Å². The zero-order chi connectivity index (χ0) is 14.8. The maximum absolute atomic E-state index is 12.1.